The molecule has 124 valence electrons. The summed E-state index contributed by atoms with van der Waals surface area (Å²) in [5, 5.41) is 0.690. The minimum Gasteiger partial charge on any atom is -0.375 e. The van der Waals surface area contributed by atoms with Gasteiger partial charge in [0.05, 0.1) is 0 Å². The fraction of sp³-hybridized carbons (Fsp3) is 0.824. The monoisotopic (exact) mass is 322 g/mol. The van der Waals surface area contributed by atoms with Crippen LogP contribution in [-0.4, -0.2) is 47.0 Å². The molecule has 1 aliphatic heterocycles. The highest BCUT2D eigenvalue weighted by Crippen LogP contribution is 2.32. The molecule has 2 fully saturated rings. The van der Waals surface area contributed by atoms with Crippen LogP contribution in [0.25, 0.3) is 0 Å². The molecule has 1 aliphatic carbocycles. The Morgan fingerprint density at radius 1 is 1.18 bits per heavy atom. The fourth-order valence-corrected chi connectivity index (χ4v) is 4.76. The predicted molar refractivity (Wildman–Crippen MR) is 94.0 cm³/mol. The van der Waals surface area contributed by atoms with Crippen LogP contribution in [0.2, 0.25) is 0 Å². The second-order valence-corrected chi connectivity index (χ2v) is 8.44. The molecule has 0 atom stereocenters. The van der Waals surface area contributed by atoms with Crippen molar-refractivity contribution in [3.8, 4) is 0 Å². The van der Waals surface area contributed by atoms with Gasteiger partial charge >= 0.3 is 0 Å². The maximum absolute atomic E-state index is 5.72. The molecule has 2 heterocycles. The Labute approximate surface area is 138 Å². The van der Waals surface area contributed by atoms with Gasteiger partial charge < -0.3 is 5.73 Å². The van der Waals surface area contributed by atoms with E-state index in [0.29, 0.717) is 5.13 Å². The molecule has 1 saturated carbocycles. The zero-order chi connectivity index (χ0) is 15.5. The molecule has 1 aromatic rings. The Morgan fingerprint density at radius 2 is 1.86 bits per heavy atom. The predicted octanol–water partition coefficient (Wildman–Crippen LogP) is 3.06. The Morgan fingerprint density at radius 3 is 2.41 bits per heavy atom. The van der Waals surface area contributed by atoms with Gasteiger partial charge in [-0.05, 0) is 37.5 Å². The van der Waals surface area contributed by atoms with Crippen LogP contribution in [0.5, 0.6) is 0 Å². The van der Waals surface area contributed by atoms with Gasteiger partial charge in [-0.1, -0.05) is 13.8 Å². The smallest absolute Gasteiger partial charge is 0.180 e. The number of nitrogen functional groups attached to an aromatic ring is 1. The Bertz CT molecular complexity index is 457. The summed E-state index contributed by atoms with van der Waals surface area (Å²) in [6, 6.07) is 0.844. The highest BCUT2D eigenvalue weighted by atomic mass is 32.1. The van der Waals surface area contributed by atoms with E-state index in [9.17, 15) is 0 Å². The van der Waals surface area contributed by atoms with Gasteiger partial charge in [-0.15, -0.1) is 11.3 Å². The third-order valence-electron chi connectivity index (χ3n) is 5.56. The van der Waals surface area contributed by atoms with Gasteiger partial charge in [-0.2, -0.15) is 0 Å². The van der Waals surface area contributed by atoms with Crippen LogP contribution in [0.1, 0.15) is 44.4 Å². The Balaban J connectivity index is 1.42. The first-order valence-electron chi connectivity index (χ1n) is 8.78. The third kappa shape index (κ3) is 4.00. The first-order chi connectivity index (χ1) is 10.6. The van der Waals surface area contributed by atoms with Crippen molar-refractivity contribution in [2.45, 2.75) is 52.1 Å². The molecular formula is C17H30N4S. The topological polar surface area (TPSA) is 45.4 Å². The molecule has 2 N–H and O–H groups in total. The van der Waals surface area contributed by atoms with Crippen LogP contribution in [0.15, 0.2) is 6.20 Å². The molecular weight excluding hydrogens is 292 g/mol. The van der Waals surface area contributed by atoms with Crippen molar-refractivity contribution in [3.63, 3.8) is 0 Å². The van der Waals surface area contributed by atoms with Gasteiger partial charge in [0.25, 0.3) is 0 Å². The van der Waals surface area contributed by atoms with Gasteiger partial charge in [-0.3, -0.25) is 9.80 Å². The molecule has 1 aromatic heterocycles. The minimum absolute atomic E-state index is 0.690. The zero-order valence-corrected chi connectivity index (χ0v) is 14.8. The summed E-state index contributed by atoms with van der Waals surface area (Å²) in [5.74, 6) is 1.83. The second-order valence-electron chi connectivity index (χ2n) is 7.29. The molecule has 5 heteroatoms. The molecule has 0 bridgehead atoms. The average Bonchev–Trinajstić information content (AvgIpc) is 2.93. The second kappa shape index (κ2) is 7.28. The van der Waals surface area contributed by atoms with E-state index in [1.54, 1.807) is 11.3 Å². The SMILES string of the molecule is CC(C)C1CCC(N2CCN(Cc3cnc(N)s3)CC2)CC1. The lowest BCUT2D eigenvalue weighted by atomic mass is 9.79. The maximum atomic E-state index is 5.72. The number of piperazine rings is 1. The van der Waals surface area contributed by atoms with Crippen LogP contribution < -0.4 is 5.73 Å². The van der Waals surface area contributed by atoms with Crippen LogP contribution in [0, 0.1) is 11.8 Å². The fourth-order valence-electron chi connectivity index (χ4n) is 4.04. The van der Waals surface area contributed by atoms with E-state index in [0.717, 1.165) is 24.4 Å². The highest BCUT2D eigenvalue weighted by molar-refractivity contribution is 7.15. The molecule has 0 amide bonds. The molecule has 0 radical (unpaired) electrons. The quantitative estimate of drug-likeness (QED) is 0.925. The van der Waals surface area contributed by atoms with Gasteiger partial charge in [0, 0.05) is 49.8 Å². The van der Waals surface area contributed by atoms with Gasteiger partial charge in [0.1, 0.15) is 0 Å². The van der Waals surface area contributed by atoms with Crippen molar-refractivity contribution in [1.82, 2.24) is 14.8 Å². The van der Waals surface area contributed by atoms with Gasteiger partial charge in [0.2, 0.25) is 0 Å². The Hall–Kier alpha value is -0.650. The molecule has 0 unspecified atom stereocenters. The number of aromatic nitrogens is 1. The third-order valence-corrected chi connectivity index (χ3v) is 6.37. The lowest BCUT2D eigenvalue weighted by molar-refractivity contribution is 0.0630. The summed E-state index contributed by atoms with van der Waals surface area (Å²) in [4.78, 5) is 10.7. The number of hydrogen-bond acceptors (Lipinski definition) is 5. The number of nitrogens with two attached hydrogens (primary N) is 1. The summed E-state index contributed by atoms with van der Waals surface area (Å²) < 4.78 is 0. The summed E-state index contributed by atoms with van der Waals surface area (Å²) >= 11 is 1.62. The number of rotatable bonds is 4. The molecule has 4 nitrogen and oxygen atoms in total. The van der Waals surface area contributed by atoms with Crippen molar-refractivity contribution in [3.05, 3.63) is 11.1 Å². The largest absolute Gasteiger partial charge is 0.375 e. The zero-order valence-electron chi connectivity index (χ0n) is 14.0. The standard InChI is InChI=1S/C17H30N4S/c1-13(2)14-3-5-15(6-4-14)21-9-7-20(8-10-21)12-16-11-19-17(18)22-16/h11,13-15H,3-10,12H2,1-2H3,(H2,18,19). The molecule has 2 aliphatic rings. The van der Waals surface area contributed by atoms with Crippen LogP contribution in [0.4, 0.5) is 5.13 Å². The normalized spacial score (nSPS) is 28.3. The number of anilines is 1. The van der Waals surface area contributed by atoms with Gasteiger partial charge in [-0.25, -0.2) is 4.98 Å². The van der Waals surface area contributed by atoms with E-state index in [2.05, 4.69) is 28.6 Å². The minimum atomic E-state index is 0.690. The molecule has 0 aromatic carbocycles. The van der Waals surface area contributed by atoms with E-state index in [1.807, 2.05) is 6.20 Å². The first kappa shape index (κ1) is 16.2. The van der Waals surface area contributed by atoms with E-state index < -0.39 is 0 Å². The summed E-state index contributed by atoms with van der Waals surface area (Å²) in [7, 11) is 0. The molecule has 3 rings (SSSR count). The summed E-state index contributed by atoms with van der Waals surface area (Å²) in [6.45, 7) is 10.6. The van der Waals surface area contributed by atoms with Crippen molar-refractivity contribution in [1.29, 1.82) is 0 Å². The van der Waals surface area contributed by atoms with Crippen molar-refractivity contribution in [2.24, 2.45) is 11.8 Å². The Kier molecular flexibility index (Phi) is 5.37. The van der Waals surface area contributed by atoms with Crippen LogP contribution in [0.3, 0.4) is 0 Å². The lowest BCUT2D eigenvalue weighted by Crippen LogP contribution is -2.50. The van der Waals surface area contributed by atoms with Crippen LogP contribution in [-0.2, 0) is 6.54 Å². The molecule has 1 saturated heterocycles. The molecule has 22 heavy (non-hydrogen) atoms. The highest BCUT2D eigenvalue weighted by Gasteiger charge is 2.29. The van der Waals surface area contributed by atoms with Crippen molar-refractivity contribution >= 4 is 16.5 Å². The van der Waals surface area contributed by atoms with E-state index in [4.69, 9.17) is 5.73 Å². The van der Waals surface area contributed by atoms with E-state index >= 15 is 0 Å². The van der Waals surface area contributed by atoms with E-state index in [1.165, 1.54) is 56.7 Å². The number of thiazole rings is 1. The summed E-state index contributed by atoms with van der Waals surface area (Å²) in [6.07, 6.45) is 7.62. The van der Waals surface area contributed by atoms with E-state index in [-0.39, 0.29) is 0 Å². The summed E-state index contributed by atoms with van der Waals surface area (Å²) in [5.41, 5.74) is 5.72. The number of hydrogen-bond donors (Lipinski definition) is 1. The maximum Gasteiger partial charge on any atom is 0.180 e. The molecule has 0 spiro atoms. The van der Waals surface area contributed by atoms with Gasteiger partial charge in [0.15, 0.2) is 5.13 Å². The lowest BCUT2D eigenvalue weighted by Gasteiger charge is -2.42. The number of nitrogens with zero attached hydrogens (tertiary/aromatic N) is 3. The van der Waals surface area contributed by atoms with Crippen molar-refractivity contribution in [2.75, 3.05) is 31.9 Å². The first-order valence-corrected chi connectivity index (χ1v) is 9.60. The van der Waals surface area contributed by atoms with Crippen molar-refractivity contribution < 1.29 is 0 Å². The van der Waals surface area contributed by atoms with Crippen LogP contribution >= 0.6 is 11.3 Å². The average molecular weight is 323 g/mol.